The van der Waals surface area contributed by atoms with Crippen molar-refractivity contribution in [3.8, 4) is 22.4 Å². The number of rotatable bonds is 6. The van der Waals surface area contributed by atoms with Gasteiger partial charge in [0, 0.05) is 18.2 Å². The normalized spacial score (nSPS) is 11.9. The van der Waals surface area contributed by atoms with E-state index in [2.05, 4.69) is 10.4 Å². The molecule has 2 N–H and O–H groups in total. The van der Waals surface area contributed by atoms with Gasteiger partial charge in [-0.15, -0.1) is 0 Å². The third-order valence-electron chi connectivity index (χ3n) is 4.80. The number of carbonyl (C=O) groups is 2. The Kier molecular flexibility index (Phi) is 6.11. The van der Waals surface area contributed by atoms with Crippen molar-refractivity contribution >= 4 is 11.9 Å². The summed E-state index contributed by atoms with van der Waals surface area (Å²) in [5, 5.41) is 16.4. The molecule has 0 saturated carbocycles. The van der Waals surface area contributed by atoms with Gasteiger partial charge in [-0.3, -0.25) is 9.59 Å². The number of amides is 1. The van der Waals surface area contributed by atoms with Crippen LogP contribution in [0.2, 0.25) is 0 Å². The largest absolute Gasteiger partial charge is 0.480 e. The second-order valence-electron chi connectivity index (χ2n) is 7.29. The molecule has 1 heterocycles. The van der Waals surface area contributed by atoms with Crippen LogP contribution in [0.1, 0.15) is 24.2 Å². The molecule has 1 unspecified atom stereocenters. The van der Waals surface area contributed by atoms with Crippen LogP contribution in [0.4, 0.5) is 0 Å². The highest BCUT2D eigenvalue weighted by atomic mass is 16.4. The molecular formula is C23H23N3O4. The Balaban J connectivity index is 2.29. The highest BCUT2D eigenvalue weighted by Gasteiger charge is 2.29. The first-order valence-electron chi connectivity index (χ1n) is 9.57. The van der Waals surface area contributed by atoms with Crippen LogP contribution in [0, 0.1) is 5.92 Å². The van der Waals surface area contributed by atoms with Gasteiger partial charge in [0.25, 0.3) is 11.5 Å². The lowest BCUT2D eigenvalue weighted by molar-refractivity contribution is -0.140. The Labute approximate surface area is 174 Å². The van der Waals surface area contributed by atoms with Gasteiger partial charge in [0.05, 0.1) is 5.69 Å². The van der Waals surface area contributed by atoms with Crippen molar-refractivity contribution < 1.29 is 14.7 Å². The van der Waals surface area contributed by atoms with E-state index in [1.54, 1.807) is 38.1 Å². The highest BCUT2D eigenvalue weighted by Crippen LogP contribution is 2.31. The zero-order valence-corrected chi connectivity index (χ0v) is 17.0. The van der Waals surface area contributed by atoms with Crippen LogP contribution in [0.15, 0.2) is 65.5 Å². The highest BCUT2D eigenvalue weighted by molar-refractivity contribution is 6.04. The number of nitrogens with zero attached hydrogens (tertiary/aromatic N) is 2. The summed E-state index contributed by atoms with van der Waals surface area (Å²) < 4.78 is 1.11. The molecule has 0 fully saturated rings. The number of carbonyl (C=O) groups excluding carboxylic acids is 1. The smallest absolute Gasteiger partial charge is 0.326 e. The van der Waals surface area contributed by atoms with E-state index in [0.29, 0.717) is 16.8 Å². The molecule has 2 aromatic carbocycles. The first kappa shape index (κ1) is 21.0. The van der Waals surface area contributed by atoms with Gasteiger partial charge < -0.3 is 10.4 Å². The number of benzene rings is 2. The third kappa shape index (κ3) is 4.15. The van der Waals surface area contributed by atoms with Crippen molar-refractivity contribution in [1.82, 2.24) is 15.1 Å². The number of carboxylic acid groups (broad SMARTS) is 1. The first-order valence-corrected chi connectivity index (χ1v) is 9.57. The van der Waals surface area contributed by atoms with Crippen molar-refractivity contribution in [2.24, 2.45) is 13.0 Å². The van der Waals surface area contributed by atoms with Gasteiger partial charge in [0.2, 0.25) is 0 Å². The van der Waals surface area contributed by atoms with E-state index < -0.39 is 23.5 Å². The van der Waals surface area contributed by atoms with Crippen molar-refractivity contribution in [3.63, 3.8) is 0 Å². The molecule has 3 aromatic rings. The predicted molar refractivity (Wildman–Crippen MR) is 114 cm³/mol. The van der Waals surface area contributed by atoms with Gasteiger partial charge in [-0.2, -0.15) is 5.10 Å². The topological polar surface area (TPSA) is 101 Å². The maximum atomic E-state index is 13.2. The molecular weight excluding hydrogens is 382 g/mol. The summed E-state index contributed by atoms with van der Waals surface area (Å²) in [6.07, 6.45) is 0. The fourth-order valence-corrected chi connectivity index (χ4v) is 3.25. The van der Waals surface area contributed by atoms with Crippen molar-refractivity contribution in [1.29, 1.82) is 0 Å². The van der Waals surface area contributed by atoms with Gasteiger partial charge in [-0.25, -0.2) is 9.48 Å². The summed E-state index contributed by atoms with van der Waals surface area (Å²) in [4.78, 5) is 37.8. The maximum absolute atomic E-state index is 13.2. The number of nitrogens with one attached hydrogen (secondary N) is 1. The minimum absolute atomic E-state index is 0.135. The number of aromatic nitrogens is 2. The zero-order chi connectivity index (χ0) is 21.8. The molecule has 3 rings (SSSR count). The SMILES string of the molecule is CC(C)C(NC(=O)c1c(-c2ccccc2)c(-c2ccccc2)nn(C)c1=O)C(=O)O. The number of aryl methyl sites for hydroxylation is 1. The first-order chi connectivity index (χ1) is 14.3. The summed E-state index contributed by atoms with van der Waals surface area (Å²) >= 11 is 0. The summed E-state index contributed by atoms with van der Waals surface area (Å²) in [7, 11) is 1.47. The molecule has 154 valence electrons. The van der Waals surface area contributed by atoms with Crippen LogP contribution < -0.4 is 10.9 Å². The summed E-state index contributed by atoms with van der Waals surface area (Å²) in [5.74, 6) is -2.25. The molecule has 0 spiro atoms. The Morgan fingerprint density at radius 1 is 0.967 bits per heavy atom. The fourth-order valence-electron chi connectivity index (χ4n) is 3.25. The molecule has 7 heteroatoms. The van der Waals surface area contributed by atoms with Crippen molar-refractivity contribution in [2.75, 3.05) is 0 Å². The number of hydrogen-bond acceptors (Lipinski definition) is 4. The minimum atomic E-state index is -1.16. The molecule has 1 atom stereocenters. The molecule has 0 aliphatic carbocycles. The second-order valence-corrected chi connectivity index (χ2v) is 7.29. The molecule has 7 nitrogen and oxygen atoms in total. The van der Waals surface area contributed by atoms with Crippen molar-refractivity contribution in [2.45, 2.75) is 19.9 Å². The molecule has 0 aliphatic rings. The lowest BCUT2D eigenvalue weighted by Gasteiger charge is -2.20. The predicted octanol–water partition coefficient (Wildman–Crippen LogP) is 2.95. The van der Waals surface area contributed by atoms with Gasteiger partial charge in [-0.1, -0.05) is 74.5 Å². The van der Waals surface area contributed by atoms with Gasteiger partial charge in [-0.05, 0) is 11.5 Å². The third-order valence-corrected chi connectivity index (χ3v) is 4.80. The van der Waals surface area contributed by atoms with E-state index in [9.17, 15) is 19.5 Å². The second kappa shape index (κ2) is 8.73. The van der Waals surface area contributed by atoms with Gasteiger partial charge in [0.1, 0.15) is 11.6 Å². The van der Waals surface area contributed by atoms with Crippen LogP contribution >= 0.6 is 0 Å². The maximum Gasteiger partial charge on any atom is 0.326 e. The van der Waals surface area contributed by atoms with Gasteiger partial charge in [0.15, 0.2) is 0 Å². The number of hydrogen-bond donors (Lipinski definition) is 2. The summed E-state index contributed by atoms with van der Waals surface area (Å²) in [6.45, 7) is 3.38. The Bertz CT molecular complexity index is 1120. The minimum Gasteiger partial charge on any atom is -0.480 e. The Morgan fingerprint density at radius 3 is 2.00 bits per heavy atom. The van der Waals surface area contributed by atoms with E-state index in [0.717, 1.165) is 10.2 Å². The molecule has 0 aliphatic heterocycles. The van der Waals surface area contributed by atoms with Crippen LogP contribution in [0.5, 0.6) is 0 Å². The molecule has 1 amide bonds. The average Bonchev–Trinajstić information content (AvgIpc) is 2.74. The lowest BCUT2D eigenvalue weighted by atomic mass is 9.94. The quantitative estimate of drug-likeness (QED) is 0.657. The standard InChI is InChI=1S/C23H23N3O4/c1-14(2)19(23(29)30)24-21(27)18-17(15-10-6-4-7-11-15)20(25-26(3)22(18)28)16-12-8-5-9-13-16/h4-14,19H,1-3H3,(H,24,27)(H,29,30). The van der Waals surface area contributed by atoms with E-state index in [-0.39, 0.29) is 11.5 Å². The van der Waals surface area contributed by atoms with E-state index in [1.807, 2.05) is 36.4 Å². The molecule has 30 heavy (non-hydrogen) atoms. The van der Waals surface area contributed by atoms with Crippen LogP contribution in [0.25, 0.3) is 22.4 Å². The Morgan fingerprint density at radius 2 is 1.50 bits per heavy atom. The van der Waals surface area contributed by atoms with E-state index >= 15 is 0 Å². The average molecular weight is 405 g/mol. The lowest BCUT2D eigenvalue weighted by Crippen LogP contribution is -2.46. The number of carboxylic acids is 1. The van der Waals surface area contributed by atoms with Gasteiger partial charge >= 0.3 is 5.97 Å². The molecule has 0 saturated heterocycles. The van der Waals surface area contributed by atoms with E-state index in [4.69, 9.17) is 0 Å². The van der Waals surface area contributed by atoms with Crippen LogP contribution in [-0.2, 0) is 11.8 Å². The fraction of sp³-hybridized carbons (Fsp3) is 0.217. The molecule has 0 bridgehead atoms. The van der Waals surface area contributed by atoms with Crippen LogP contribution in [0.3, 0.4) is 0 Å². The summed E-state index contributed by atoms with van der Waals surface area (Å²) in [6, 6.07) is 17.1. The zero-order valence-electron chi connectivity index (χ0n) is 17.0. The molecule has 1 aromatic heterocycles. The number of aliphatic carboxylic acids is 1. The van der Waals surface area contributed by atoms with Crippen LogP contribution in [-0.4, -0.2) is 32.8 Å². The van der Waals surface area contributed by atoms with Crippen molar-refractivity contribution in [3.05, 3.63) is 76.6 Å². The molecule has 0 radical (unpaired) electrons. The monoisotopic (exact) mass is 405 g/mol. The Hall–Kier alpha value is -3.74. The van der Waals surface area contributed by atoms with E-state index in [1.165, 1.54) is 7.05 Å². The summed E-state index contributed by atoms with van der Waals surface area (Å²) in [5.41, 5.74) is 1.48.